The summed E-state index contributed by atoms with van der Waals surface area (Å²) >= 11 is 0. The van der Waals surface area contributed by atoms with Gasteiger partial charge in [0.05, 0.1) is 12.1 Å². The van der Waals surface area contributed by atoms with Crippen molar-refractivity contribution in [3.63, 3.8) is 0 Å². The summed E-state index contributed by atoms with van der Waals surface area (Å²) in [4.78, 5) is 31.5. The van der Waals surface area contributed by atoms with Crippen molar-refractivity contribution in [2.24, 2.45) is 11.3 Å². The van der Waals surface area contributed by atoms with Crippen molar-refractivity contribution in [2.75, 3.05) is 44.7 Å². The molecule has 4 heterocycles. The molecular formula is C27H43N5O4. The van der Waals surface area contributed by atoms with E-state index in [0.29, 0.717) is 6.04 Å². The molecule has 3 aliphatic heterocycles. The lowest BCUT2D eigenvalue weighted by Crippen LogP contribution is -2.64. The lowest BCUT2D eigenvalue weighted by Gasteiger charge is -2.58. The third kappa shape index (κ3) is 4.59. The molecule has 1 aromatic heterocycles. The van der Waals surface area contributed by atoms with Crippen LogP contribution in [0.15, 0.2) is 6.07 Å². The fraction of sp³-hybridized carbons (Fsp3) is 0.815. The topological polar surface area (TPSA) is 80.1 Å². The number of carbonyl (C=O) groups is 2. The van der Waals surface area contributed by atoms with Crippen molar-refractivity contribution in [1.29, 1.82) is 0 Å². The van der Waals surface area contributed by atoms with Gasteiger partial charge < -0.3 is 24.2 Å². The number of carbonyl (C=O) groups excluding carboxylic acids is 2. The first-order chi connectivity index (χ1) is 16.8. The first-order valence-electron chi connectivity index (χ1n) is 13.4. The van der Waals surface area contributed by atoms with Crippen molar-refractivity contribution in [3.8, 4) is 0 Å². The third-order valence-electron chi connectivity index (χ3n) is 8.59. The van der Waals surface area contributed by atoms with Gasteiger partial charge in [-0.1, -0.05) is 0 Å². The number of aryl methyl sites for hydroxylation is 1. The van der Waals surface area contributed by atoms with E-state index in [4.69, 9.17) is 14.6 Å². The molecule has 4 aliphatic rings. The monoisotopic (exact) mass is 501 g/mol. The molecule has 0 bridgehead atoms. The maximum absolute atomic E-state index is 13.0. The van der Waals surface area contributed by atoms with Crippen LogP contribution in [-0.2, 0) is 14.3 Å². The Morgan fingerprint density at radius 2 is 1.75 bits per heavy atom. The number of rotatable bonds is 4. The summed E-state index contributed by atoms with van der Waals surface area (Å²) in [6.45, 7) is 16.1. The molecule has 36 heavy (non-hydrogen) atoms. The normalized spacial score (nSPS) is 25.9. The zero-order valence-electron chi connectivity index (χ0n) is 23.0. The summed E-state index contributed by atoms with van der Waals surface area (Å²) < 4.78 is 13.0. The number of amides is 2. The highest BCUT2D eigenvalue weighted by Crippen LogP contribution is 2.54. The Balaban J connectivity index is 1.16. The van der Waals surface area contributed by atoms with Crippen LogP contribution in [0.2, 0.25) is 0 Å². The minimum absolute atomic E-state index is 0.0651. The van der Waals surface area contributed by atoms with Crippen LogP contribution in [0.3, 0.4) is 0 Å². The number of aromatic nitrogens is 2. The predicted molar refractivity (Wildman–Crippen MR) is 137 cm³/mol. The number of likely N-dealkylation sites (tertiary alicyclic amines) is 2. The second kappa shape index (κ2) is 8.64. The Kier molecular flexibility index (Phi) is 6.09. The summed E-state index contributed by atoms with van der Waals surface area (Å²) in [5.41, 5.74) is 0.797. The maximum Gasteiger partial charge on any atom is 0.410 e. The van der Waals surface area contributed by atoms with Crippen LogP contribution in [0.25, 0.3) is 0 Å². The molecule has 4 fully saturated rings. The number of anilines is 1. The quantitative estimate of drug-likeness (QED) is 0.627. The summed E-state index contributed by atoms with van der Waals surface area (Å²) in [5.74, 6) is 1.35. The van der Waals surface area contributed by atoms with Gasteiger partial charge in [-0.05, 0) is 67.2 Å². The highest BCUT2D eigenvalue weighted by Gasteiger charge is 2.55. The number of nitrogens with zero attached hydrogens (tertiary/aromatic N) is 5. The van der Waals surface area contributed by atoms with E-state index in [2.05, 4.69) is 36.4 Å². The number of hydrogen-bond donors (Lipinski definition) is 0. The molecule has 2 amide bonds. The van der Waals surface area contributed by atoms with Crippen LogP contribution in [0.1, 0.15) is 72.0 Å². The van der Waals surface area contributed by atoms with Crippen LogP contribution in [0, 0.1) is 18.3 Å². The summed E-state index contributed by atoms with van der Waals surface area (Å²) in [7, 11) is 1.71. The van der Waals surface area contributed by atoms with E-state index in [-0.39, 0.29) is 35.0 Å². The van der Waals surface area contributed by atoms with E-state index in [9.17, 15) is 9.59 Å². The van der Waals surface area contributed by atoms with Gasteiger partial charge in [0.15, 0.2) is 5.82 Å². The predicted octanol–water partition coefficient (Wildman–Crippen LogP) is 3.62. The van der Waals surface area contributed by atoms with E-state index in [1.807, 2.05) is 30.6 Å². The molecule has 5 rings (SSSR count). The van der Waals surface area contributed by atoms with Crippen molar-refractivity contribution in [3.05, 3.63) is 11.8 Å². The van der Waals surface area contributed by atoms with Crippen molar-refractivity contribution >= 4 is 17.8 Å². The van der Waals surface area contributed by atoms with Crippen LogP contribution in [-0.4, -0.2) is 88.7 Å². The van der Waals surface area contributed by atoms with Gasteiger partial charge in [-0.25, -0.2) is 4.79 Å². The van der Waals surface area contributed by atoms with Gasteiger partial charge in [0, 0.05) is 68.5 Å². The van der Waals surface area contributed by atoms with Crippen molar-refractivity contribution < 1.29 is 19.1 Å². The molecule has 1 aliphatic carbocycles. The molecular weight excluding hydrogens is 458 g/mol. The molecule has 0 radical (unpaired) electrons. The molecule has 1 aromatic rings. The van der Waals surface area contributed by atoms with Gasteiger partial charge in [-0.2, -0.15) is 5.10 Å². The fourth-order valence-electron chi connectivity index (χ4n) is 6.63. The molecule has 1 saturated carbocycles. The van der Waals surface area contributed by atoms with Crippen molar-refractivity contribution in [2.45, 2.75) is 90.5 Å². The molecule has 9 heteroatoms. The number of hydrogen-bond acceptors (Lipinski definition) is 6. The van der Waals surface area contributed by atoms with Crippen LogP contribution in [0.5, 0.6) is 0 Å². The number of methoxy groups -OCH3 is 1. The molecule has 0 aromatic carbocycles. The first kappa shape index (κ1) is 25.4. The molecule has 200 valence electrons. The number of piperidine rings is 1. The standard InChI is InChI=1S/C27H43N5O4/c1-18-10-22(31-9-8-19(11-26(31,5)6)23(33)29-14-21(15-29)35-7)28-32(18)20-12-27(13-20)16-30(17-27)24(34)36-25(2,3)4/h10,19-21H,8-9,11-17H2,1-7H3. The Hall–Kier alpha value is -2.29. The lowest BCUT2D eigenvalue weighted by atomic mass is 9.61. The Bertz CT molecular complexity index is 1010. The first-order valence-corrected chi connectivity index (χ1v) is 13.4. The second-order valence-electron chi connectivity index (χ2n) is 13.2. The van der Waals surface area contributed by atoms with Crippen molar-refractivity contribution in [1.82, 2.24) is 19.6 Å². The van der Waals surface area contributed by atoms with E-state index >= 15 is 0 Å². The van der Waals surface area contributed by atoms with E-state index in [0.717, 1.165) is 64.2 Å². The molecule has 1 spiro atoms. The Labute approximate surface area is 215 Å². The van der Waals surface area contributed by atoms with Gasteiger partial charge in [0.25, 0.3) is 0 Å². The minimum Gasteiger partial charge on any atom is -0.444 e. The van der Waals surface area contributed by atoms with E-state index in [1.54, 1.807) is 7.11 Å². The zero-order valence-corrected chi connectivity index (χ0v) is 23.0. The Morgan fingerprint density at radius 3 is 2.33 bits per heavy atom. The second-order valence-corrected chi connectivity index (χ2v) is 13.2. The highest BCUT2D eigenvalue weighted by atomic mass is 16.6. The molecule has 1 atom stereocenters. The number of ether oxygens (including phenoxy) is 2. The molecule has 0 N–H and O–H groups in total. The van der Waals surface area contributed by atoms with Crippen LogP contribution in [0.4, 0.5) is 10.6 Å². The molecule has 1 unspecified atom stereocenters. The fourth-order valence-corrected chi connectivity index (χ4v) is 6.63. The van der Waals surface area contributed by atoms with Crippen LogP contribution < -0.4 is 4.90 Å². The minimum atomic E-state index is -0.456. The average Bonchev–Trinajstić information content (AvgIpc) is 3.03. The highest BCUT2D eigenvalue weighted by molar-refractivity contribution is 5.80. The smallest absolute Gasteiger partial charge is 0.410 e. The van der Waals surface area contributed by atoms with Gasteiger partial charge in [0.2, 0.25) is 5.91 Å². The SMILES string of the molecule is COC1CN(C(=O)C2CCN(c3cc(C)n(C4CC5(C4)CN(C(=O)OC(C)(C)C)C5)n3)C(C)(C)C2)C1. The maximum atomic E-state index is 13.0. The largest absolute Gasteiger partial charge is 0.444 e. The van der Waals surface area contributed by atoms with Gasteiger partial charge in [-0.3, -0.25) is 9.48 Å². The zero-order chi connectivity index (χ0) is 26.0. The van der Waals surface area contributed by atoms with E-state index in [1.165, 1.54) is 5.69 Å². The summed E-state index contributed by atoms with van der Waals surface area (Å²) in [6.07, 6.45) is 3.78. The van der Waals surface area contributed by atoms with E-state index < -0.39 is 5.60 Å². The van der Waals surface area contributed by atoms with Crippen LogP contribution >= 0.6 is 0 Å². The average molecular weight is 502 g/mol. The Morgan fingerprint density at radius 1 is 1.08 bits per heavy atom. The lowest BCUT2D eigenvalue weighted by molar-refractivity contribution is -0.148. The molecule has 9 nitrogen and oxygen atoms in total. The summed E-state index contributed by atoms with van der Waals surface area (Å²) in [5, 5.41) is 5.06. The van der Waals surface area contributed by atoms with Gasteiger partial charge in [-0.15, -0.1) is 0 Å². The third-order valence-corrected chi connectivity index (χ3v) is 8.59. The van der Waals surface area contributed by atoms with Gasteiger partial charge in [0.1, 0.15) is 5.60 Å². The summed E-state index contributed by atoms with van der Waals surface area (Å²) in [6, 6.07) is 2.57. The van der Waals surface area contributed by atoms with Gasteiger partial charge >= 0.3 is 6.09 Å². The molecule has 3 saturated heterocycles.